The molecule has 1 saturated heterocycles. The first kappa shape index (κ1) is 23.2. The van der Waals surface area contributed by atoms with Gasteiger partial charge in [0.05, 0.1) is 22.1 Å². The van der Waals surface area contributed by atoms with Crippen LogP contribution in [0.4, 0.5) is 0 Å². The number of aromatic nitrogens is 2. The van der Waals surface area contributed by atoms with E-state index >= 15 is 0 Å². The molecule has 0 spiro atoms. The zero-order valence-electron chi connectivity index (χ0n) is 18.2. The zero-order valence-corrected chi connectivity index (χ0v) is 19.8. The standard InChI is InChI=1S/C23H25N3O5S2/c1-2-11-25(18-10-13-33(29,30)16-18)21(27)15-31-23(28)19-14-26(17-7-4-3-5-8-17)24-22(19)20-9-6-12-32-20/h3-9,12,14,18H,2,10-11,13,15-16H2,1H3. The number of rotatable bonds is 8. The van der Waals surface area contributed by atoms with E-state index in [0.717, 1.165) is 10.6 Å². The average molecular weight is 488 g/mol. The minimum Gasteiger partial charge on any atom is -0.452 e. The van der Waals surface area contributed by atoms with E-state index < -0.39 is 22.4 Å². The van der Waals surface area contributed by atoms with Crippen LogP contribution in [-0.4, -0.2) is 65.7 Å². The topological polar surface area (TPSA) is 98.6 Å². The Balaban J connectivity index is 1.52. The fraction of sp³-hybridized carbons (Fsp3) is 0.348. The SMILES string of the molecule is CCCN(C(=O)COC(=O)c1cn(-c2ccccc2)nc1-c1cccs1)C1CCS(=O)(=O)C1. The minimum absolute atomic E-state index is 0.0426. The lowest BCUT2D eigenvalue weighted by atomic mass is 10.2. The number of carbonyl (C=O) groups is 2. The van der Waals surface area contributed by atoms with E-state index in [4.69, 9.17) is 4.74 Å². The maximum atomic E-state index is 13.0. The molecule has 33 heavy (non-hydrogen) atoms. The number of amides is 1. The van der Waals surface area contributed by atoms with Gasteiger partial charge < -0.3 is 9.64 Å². The van der Waals surface area contributed by atoms with Gasteiger partial charge in [0.25, 0.3) is 5.91 Å². The Morgan fingerprint density at radius 3 is 2.64 bits per heavy atom. The third kappa shape index (κ3) is 5.33. The number of hydrogen-bond donors (Lipinski definition) is 0. The first-order chi connectivity index (χ1) is 15.9. The lowest BCUT2D eigenvalue weighted by Gasteiger charge is -2.27. The summed E-state index contributed by atoms with van der Waals surface area (Å²) in [5, 5.41) is 6.48. The molecular weight excluding hydrogens is 462 g/mol. The Bertz CT molecular complexity index is 1220. The van der Waals surface area contributed by atoms with Gasteiger partial charge in [-0.15, -0.1) is 11.3 Å². The second kappa shape index (κ2) is 9.88. The summed E-state index contributed by atoms with van der Waals surface area (Å²) in [6, 6.07) is 12.8. The molecule has 0 bridgehead atoms. The van der Waals surface area contributed by atoms with Gasteiger partial charge in [-0.1, -0.05) is 31.2 Å². The van der Waals surface area contributed by atoms with Gasteiger partial charge in [0.1, 0.15) is 11.3 Å². The van der Waals surface area contributed by atoms with Gasteiger partial charge in [0.2, 0.25) is 0 Å². The molecule has 0 radical (unpaired) electrons. The van der Waals surface area contributed by atoms with Gasteiger partial charge in [-0.05, 0) is 36.4 Å². The van der Waals surface area contributed by atoms with E-state index in [-0.39, 0.29) is 29.0 Å². The molecule has 4 rings (SSSR count). The van der Waals surface area contributed by atoms with Gasteiger partial charge in [0.15, 0.2) is 16.4 Å². The summed E-state index contributed by atoms with van der Waals surface area (Å²) in [5.74, 6) is -1.00. The summed E-state index contributed by atoms with van der Waals surface area (Å²) in [7, 11) is -3.13. The molecule has 0 N–H and O–H groups in total. The molecule has 3 aromatic rings. The molecule has 1 atom stereocenters. The van der Waals surface area contributed by atoms with Crippen molar-refractivity contribution in [3.05, 3.63) is 59.6 Å². The van der Waals surface area contributed by atoms with Crippen molar-refractivity contribution in [2.45, 2.75) is 25.8 Å². The first-order valence-electron chi connectivity index (χ1n) is 10.7. The summed E-state index contributed by atoms with van der Waals surface area (Å²) in [6.07, 6.45) is 2.70. The zero-order chi connectivity index (χ0) is 23.4. The molecular formula is C23H25N3O5S2. The third-order valence-corrected chi connectivity index (χ3v) is 8.10. The number of ether oxygens (including phenoxy) is 1. The largest absolute Gasteiger partial charge is 0.452 e. The van der Waals surface area contributed by atoms with Crippen LogP contribution in [0.25, 0.3) is 16.3 Å². The lowest BCUT2D eigenvalue weighted by Crippen LogP contribution is -2.43. The quantitative estimate of drug-likeness (QED) is 0.453. The Hall–Kier alpha value is -2.98. The molecule has 8 nitrogen and oxygen atoms in total. The maximum absolute atomic E-state index is 13.0. The van der Waals surface area contributed by atoms with Gasteiger partial charge in [-0.3, -0.25) is 4.79 Å². The molecule has 1 aliphatic heterocycles. The van der Waals surface area contributed by atoms with E-state index in [2.05, 4.69) is 5.10 Å². The summed E-state index contributed by atoms with van der Waals surface area (Å²) >= 11 is 1.45. The van der Waals surface area contributed by atoms with Crippen molar-refractivity contribution in [1.29, 1.82) is 0 Å². The van der Waals surface area contributed by atoms with Gasteiger partial charge >= 0.3 is 5.97 Å². The van der Waals surface area contributed by atoms with Gasteiger partial charge in [-0.25, -0.2) is 17.9 Å². The molecule has 1 fully saturated rings. The predicted molar refractivity (Wildman–Crippen MR) is 126 cm³/mol. The molecule has 10 heteroatoms. The Labute approximate surface area is 196 Å². The highest BCUT2D eigenvalue weighted by molar-refractivity contribution is 7.91. The average Bonchev–Trinajstić information content (AvgIpc) is 3.55. The highest BCUT2D eigenvalue weighted by atomic mass is 32.2. The molecule has 3 heterocycles. The lowest BCUT2D eigenvalue weighted by molar-refractivity contribution is -0.136. The van der Waals surface area contributed by atoms with E-state index in [1.54, 1.807) is 10.9 Å². The number of benzene rings is 1. The van der Waals surface area contributed by atoms with Crippen LogP contribution >= 0.6 is 11.3 Å². The Morgan fingerprint density at radius 2 is 2.00 bits per heavy atom. The van der Waals surface area contributed by atoms with E-state index in [1.807, 2.05) is 54.8 Å². The smallest absolute Gasteiger partial charge is 0.342 e. The van der Waals surface area contributed by atoms with Crippen molar-refractivity contribution < 1.29 is 22.7 Å². The van der Waals surface area contributed by atoms with Crippen LogP contribution in [0.2, 0.25) is 0 Å². The number of para-hydroxylation sites is 1. The van der Waals surface area contributed by atoms with E-state index in [9.17, 15) is 18.0 Å². The summed E-state index contributed by atoms with van der Waals surface area (Å²) in [5.41, 5.74) is 1.54. The van der Waals surface area contributed by atoms with Gasteiger partial charge in [-0.2, -0.15) is 5.10 Å². The highest BCUT2D eigenvalue weighted by Gasteiger charge is 2.34. The van der Waals surface area contributed by atoms with Crippen LogP contribution in [0.15, 0.2) is 54.0 Å². The van der Waals surface area contributed by atoms with Gasteiger partial charge in [0, 0.05) is 18.8 Å². The van der Waals surface area contributed by atoms with Crippen molar-refractivity contribution in [1.82, 2.24) is 14.7 Å². The van der Waals surface area contributed by atoms with Crippen LogP contribution < -0.4 is 0 Å². The normalized spacial score (nSPS) is 17.1. The monoisotopic (exact) mass is 487 g/mol. The number of nitrogens with zero attached hydrogens (tertiary/aromatic N) is 3. The highest BCUT2D eigenvalue weighted by Crippen LogP contribution is 2.28. The Kier molecular flexibility index (Phi) is 6.94. The number of esters is 1. The summed E-state index contributed by atoms with van der Waals surface area (Å²) in [4.78, 5) is 28.2. The van der Waals surface area contributed by atoms with Crippen molar-refractivity contribution in [3.63, 3.8) is 0 Å². The van der Waals surface area contributed by atoms with E-state index in [0.29, 0.717) is 25.1 Å². The fourth-order valence-electron chi connectivity index (χ4n) is 3.89. The predicted octanol–water partition coefficient (Wildman–Crippen LogP) is 3.18. The summed E-state index contributed by atoms with van der Waals surface area (Å²) < 4.78 is 30.7. The molecule has 174 valence electrons. The minimum atomic E-state index is -3.13. The van der Waals surface area contributed by atoms with Crippen LogP contribution in [0, 0.1) is 0 Å². The molecule has 1 unspecified atom stereocenters. The number of carbonyl (C=O) groups excluding carboxylic acids is 2. The third-order valence-electron chi connectivity index (χ3n) is 5.47. The molecule has 0 aliphatic carbocycles. The van der Waals surface area contributed by atoms with Crippen molar-refractivity contribution in [3.8, 4) is 16.3 Å². The Morgan fingerprint density at radius 1 is 1.21 bits per heavy atom. The molecule has 1 aliphatic rings. The van der Waals surface area contributed by atoms with Crippen molar-refractivity contribution >= 4 is 33.1 Å². The van der Waals surface area contributed by atoms with E-state index in [1.165, 1.54) is 16.2 Å². The first-order valence-corrected chi connectivity index (χ1v) is 13.4. The molecule has 1 aromatic carbocycles. The van der Waals surface area contributed by atoms with Crippen molar-refractivity contribution in [2.24, 2.45) is 0 Å². The fourth-order valence-corrected chi connectivity index (χ4v) is 6.35. The number of sulfone groups is 1. The summed E-state index contributed by atoms with van der Waals surface area (Å²) in [6.45, 7) is 1.89. The van der Waals surface area contributed by atoms with Crippen LogP contribution in [0.3, 0.4) is 0 Å². The van der Waals surface area contributed by atoms with Crippen molar-refractivity contribution in [2.75, 3.05) is 24.7 Å². The molecule has 0 saturated carbocycles. The van der Waals surface area contributed by atoms with Crippen LogP contribution in [-0.2, 0) is 19.4 Å². The second-order valence-corrected chi connectivity index (χ2v) is 11.0. The second-order valence-electron chi connectivity index (χ2n) is 7.87. The number of hydrogen-bond acceptors (Lipinski definition) is 7. The van der Waals surface area contributed by atoms with Crippen LogP contribution in [0.5, 0.6) is 0 Å². The molecule has 1 amide bonds. The number of thiophene rings is 1. The maximum Gasteiger partial charge on any atom is 0.342 e. The van der Waals surface area contributed by atoms with Crippen LogP contribution in [0.1, 0.15) is 30.1 Å². The molecule has 2 aromatic heterocycles.